The van der Waals surface area contributed by atoms with Gasteiger partial charge in [0.05, 0.1) is 18.8 Å². The lowest BCUT2D eigenvalue weighted by Crippen LogP contribution is -2.14. The number of benzene rings is 2. The van der Waals surface area contributed by atoms with Crippen LogP contribution in [0.3, 0.4) is 0 Å². The van der Waals surface area contributed by atoms with Gasteiger partial charge in [-0.15, -0.1) is 0 Å². The Morgan fingerprint density at radius 1 is 0.862 bits per heavy atom. The van der Waals surface area contributed by atoms with Gasteiger partial charge in [-0.2, -0.15) is 0 Å². The normalized spacial score (nSPS) is 12.8. The molecule has 0 saturated carbocycles. The maximum Gasteiger partial charge on any atom is 0.120 e. The molecule has 0 fully saturated rings. The van der Waals surface area contributed by atoms with Crippen molar-refractivity contribution in [2.24, 2.45) is 0 Å². The van der Waals surface area contributed by atoms with Crippen molar-refractivity contribution in [2.45, 2.75) is 58.5 Å². The lowest BCUT2D eigenvalue weighted by molar-refractivity contribution is 0.133. The Bertz CT molecular complexity index is 857. The molecule has 0 aromatic heterocycles. The Labute approximate surface area is 173 Å². The second kappa shape index (κ2) is 9.88. The Morgan fingerprint density at radius 2 is 1.55 bits per heavy atom. The highest BCUT2D eigenvalue weighted by Crippen LogP contribution is 2.28. The number of allylic oxidation sites excluding steroid dienone is 3. The Hall–Kier alpha value is -2.40. The van der Waals surface area contributed by atoms with Crippen LogP contribution in [0.1, 0.15) is 49.9 Å². The van der Waals surface area contributed by atoms with E-state index in [1.54, 1.807) is 19.9 Å². The first-order valence-electron chi connectivity index (χ1n) is 9.80. The second-order valence-corrected chi connectivity index (χ2v) is 8.33. The van der Waals surface area contributed by atoms with Crippen molar-refractivity contribution in [3.63, 3.8) is 0 Å². The van der Waals surface area contributed by atoms with Crippen molar-refractivity contribution in [3.8, 4) is 5.75 Å². The number of aliphatic hydroxyl groups is 3. The summed E-state index contributed by atoms with van der Waals surface area (Å²) in [6.45, 7) is 7.92. The van der Waals surface area contributed by atoms with Gasteiger partial charge in [-0.3, -0.25) is 0 Å². The zero-order valence-corrected chi connectivity index (χ0v) is 17.7. The number of hydrogen-bond acceptors (Lipinski definition) is 4. The fourth-order valence-electron chi connectivity index (χ4n) is 2.91. The summed E-state index contributed by atoms with van der Waals surface area (Å²) in [5.74, 6) is 0.771. The van der Waals surface area contributed by atoms with Gasteiger partial charge in [0.2, 0.25) is 0 Å². The summed E-state index contributed by atoms with van der Waals surface area (Å²) in [4.78, 5) is 0. The zero-order valence-electron chi connectivity index (χ0n) is 17.7. The first-order valence-corrected chi connectivity index (χ1v) is 9.80. The van der Waals surface area contributed by atoms with E-state index in [2.05, 4.69) is 26.0 Å². The van der Waals surface area contributed by atoms with E-state index in [0.717, 1.165) is 22.4 Å². The largest absolute Gasteiger partial charge is 0.489 e. The summed E-state index contributed by atoms with van der Waals surface area (Å²) in [7, 11) is 0. The molecule has 3 N–H and O–H groups in total. The van der Waals surface area contributed by atoms with Crippen LogP contribution in [0.15, 0.2) is 66.8 Å². The molecule has 4 heteroatoms. The Balaban J connectivity index is 2.09. The SMILES string of the molecule is CC(C)(O)C=CC=CC(C)(C)c1cccc(OCc2ccc(CO)c(CO)c2)c1. The fourth-order valence-corrected chi connectivity index (χ4v) is 2.91. The minimum Gasteiger partial charge on any atom is -0.489 e. The van der Waals surface area contributed by atoms with Crippen molar-refractivity contribution in [2.75, 3.05) is 0 Å². The lowest BCUT2D eigenvalue weighted by atomic mass is 9.84. The summed E-state index contributed by atoms with van der Waals surface area (Å²) >= 11 is 0. The number of rotatable bonds is 9. The third kappa shape index (κ3) is 7.17. The molecule has 0 spiro atoms. The first kappa shape index (κ1) is 22.9. The number of aliphatic hydroxyl groups excluding tert-OH is 2. The van der Waals surface area contributed by atoms with Crippen molar-refractivity contribution >= 4 is 0 Å². The Morgan fingerprint density at radius 3 is 2.21 bits per heavy atom. The summed E-state index contributed by atoms with van der Waals surface area (Å²) in [6.07, 6.45) is 7.65. The van der Waals surface area contributed by atoms with Crippen molar-refractivity contribution in [1.82, 2.24) is 0 Å². The maximum atomic E-state index is 9.75. The summed E-state index contributed by atoms with van der Waals surface area (Å²) in [5.41, 5.74) is 2.48. The van der Waals surface area contributed by atoms with Gasteiger partial charge >= 0.3 is 0 Å². The average Bonchev–Trinajstić information content (AvgIpc) is 2.69. The second-order valence-electron chi connectivity index (χ2n) is 8.33. The van der Waals surface area contributed by atoms with E-state index in [1.165, 1.54) is 0 Å². The highest BCUT2D eigenvalue weighted by Gasteiger charge is 2.17. The molecule has 0 aliphatic rings. The molecule has 2 aromatic carbocycles. The van der Waals surface area contributed by atoms with Crippen molar-refractivity contribution in [1.29, 1.82) is 0 Å². The predicted molar refractivity (Wildman–Crippen MR) is 117 cm³/mol. The molecular formula is C25H32O4. The van der Waals surface area contributed by atoms with Gasteiger partial charge in [-0.25, -0.2) is 0 Å². The van der Waals surface area contributed by atoms with Crippen LogP contribution in [0, 0.1) is 0 Å². The number of hydrogen-bond donors (Lipinski definition) is 3. The number of ether oxygens (including phenoxy) is 1. The van der Waals surface area contributed by atoms with E-state index >= 15 is 0 Å². The summed E-state index contributed by atoms with van der Waals surface area (Å²) < 4.78 is 5.96. The van der Waals surface area contributed by atoms with Crippen LogP contribution < -0.4 is 4.74 Å². The zero-order chi connectivity index (χ0) is 21.5. The molecule has 0 bridgehead atoms. The molecule has 0 unspecified atom stereocenters. The predicted octanol–water partition coefficient (Wildman–Crippen LogP) is 4.41. The maximum absolute atomic E-state index is 9.75. The Kier molecular flexibility index (Phi) is 7.80. The third-order valence-electron chi connectivity index (χ3n) is 4.72. The molecule has 29 heavy (non-hydrogen) atoms. The van der Waals surface area contributed by atoms with Gasteiger partial charge in [0.15, 0.2) is 0 Å². The van der Waals surface area contributed by atoms with Gasteiger partial charge in [-0.05, 0) is 54.3 Å². The van der Waals surface area contributed by atoms with Crippen molar-refractivity contribution in [3.05, 3.63) is 89.0 Å². The van der Waals surface area contributed by atoms with E-state index in [1.807, 2.05) is 48.6 Å². The molecular weight excluding hydrogens is 364 g/mol. The van der Waals surface area contributed by atoms with E-state index in [4.69, 9.17) is 4.74 Å². The quantitative estimate of drug-likeness (QED) is 0.549. The average molecular weight is 397 g/mol. The van der Waals surface area contributed by atoms with Crippen LogP contribution in [0.25, 0.3) is 0 Å². The lowest BCUT2D eigenvalue weighted by Gasteiger charge is -2.22. The molecule has 0 atom stereocenters. The monoisotopic (exact) mass is 396 g/mol. The molecule has 0 aliphatic heterocycles. The molecule has 0 aliphatic carbocycles. The molecule has 2 aromatic rings. The molecule has 0 saturated heterocycles. The van der Waals surface area contributed by atoms with Gasteiger partial charge in [0, 0.05) is 5.41 Å². The molecule has 2 rings (SSSR count). The van der Waals surface area contributed by atoms with Crippen molar-refractivity contribution < 1.29 is 20.1 Å². The van der Waals surface area contributed by atoms with E-state index in [0.29, 0.717) is 12.2 Å². The first-order chi connectivity index (χ1) is 13.6. The minimum absolute atomic E-state index is 0.0906. The van der Waals surface area contributed by atoms with Crippen LogP contribution in [0.2, 0.25) is 0 Å². The van der Waals surface area contributed by atoms with Crippen LogP contribution in [-0.2, 0) is 25.2 Å². The molecule has 156 valence electrons. The third-order valence-corrected chi connectivity index (χ3v) is 4.72. The van der Waals surface area contributed by atoms with E-state index in [-0.39, 0.29) is 18.6 Å². The smallest absolute Gasteiger partial charge is 0.120 e. The summed E-state index contributed by atoms with van der Waals surface area (Å²) in [5, 5.41) is 28.5. The van der Waals surface area contributed by atoms with Gasteiger partial charge in [0.1, 0.15) is 12.4 Å². The van der Waals surface area contributed by atoms with Gasteiger partial charge in [0.25, 0.3) is 0 Å². The molecule has 0 amide bonds. The van der Waals surface area contributed by atoms with Crippen LogP contribution in [0.5, 0.6) is 5.75 Å². The topological polar surface area (TPSA) is 69.9 Å². The van der Waals surface area contributed by atoms with Gasteiger partial charge < -0.3 is 20.1 Å². The highest BCUT2D eigenvalue weighted by atomic mass is 16.5. The van der Waals surface area contributed by atoms with Crippen LogP contribution >= 0.6 is 0 Å². The molecule has 0 heterocycles. The standard InChI is InChI=1S/C25H32O4/c1-24(2,12-5-6-13-25(3,4)28)22-8-7-9-23(15-22)29-18-19-10-11-20(16-26)21(14-19)17-27/h5-15,26-28H,16-18H2,1-4H3. The van der Waals surface area contributed by atoms with Gasteiger partial charge in [-0.1, -0.05) is 62.4 Å². The van der Waals surface area contributed by atoms with E-state index in [9.17, 15) is 15.3 Å². The van der Waals surface area contributed by atoms with Crippen LogP contribution in [-0.4, -0.2) is 20.9 Å². The molecule has 0 radical (unpaired) electrons. The summed E-state index contributed by atoms with van der Waals surface area (Å²) in [6, 6.07) is 13.6. The minimum atomic E-state index is -0.826. The molecule has 4 nitrogen and oxygen atoms in total. The fraction of sp³-hybridized carbons (Fsp3) is 0.360. The van der Waals surface area contributed by atoms with E-state index < -0.39 is 5.60 Å². The van der Waals surface area contributed by atoms with Crippen LogP contribution in [0.4, 0.5) is 0 Å². The highest BCUT2D eigenvalue weighted by molar-refractivity contribution is 5.37.